The van der Waals surface area contributed by atoms with Crippen LogP contribution in [0.1, 0.15) is 5.56 Å². The molecule has 0 aliphatic carbocycles. The molecule has 0 fully saturated rings. The van der Waals surface area contributed by atoms with E-state index in [9.17, 15) is 13.2 Å². The molecule has 8 heteroatoms. The average molecular weight is 388 g/mol. The standard InChI is InChI=1S/C16H15Cl2NO4S/c1-10-3-6-14(19-9-16(20)23-2)15(7-10)24(21,22)11-4-5-12(17)13(18)8-11/h3-8,19H,9H2,1-2H3. The molecule has 2 rings (SSSR count). The van der Waals surface area contributed by atoms with Gasteiger partial charge in [0.1, 0.15) is 6.54 Å². The SMILES string of the molecule is COC(=O)CNc1ccc(C)cc1S(=O)(=O)c1ccc(Cl)c(Cl)c1. The number of anilines is 1. The summed E-state index contributed by atoms with van der Waals surface area (Å²) in [5, 5.41) is 3.20. The number of nitrogens with one attached hydrogen (secondary N) is 1. The summed E-state index contributed by atoms with van der Waals surface area (Å²) < 4.78 is 30.4. The Morgan fingerprint density at radius 1 is 1.12 bits per heavy atom. The number of aryl methyl sites for hydroxylation is 1. The maximum atomic E-state index is 12.9. The van der Waals surface area contributed by atoms with E-state index in [1.54, 1.807) is 19.1 Å². The number of hydrogen-bond acceptors (Lipinski definition) is 5. The van der Waals surface area contributed by atoms with Crippen molar-refractivity contribution in [2.24, 2.45) is 0 Å². The molecule has 0 bridgehead atoms. The number of rotatable bonds is 5. The molecule has 0 unspecified atom stereocenters. The molecule has 1 N–H and O–H groups in total. The van der Waals surface area contributed by atoms with Gasteiger partial charge in [0.15, 0.2) is 0 Å². The first-order valence-electron chi connectivity index (χ1n) is 6.87. The van der Waals surface area contributed by atoms with E-state index in [0.717, 1.165) is 5.56 Å². The quantitative estimate of drug-likeness (QED) is 0.791. The number of halogens is 2. The third-order valence-electron chi connectivity index (χ3n) is 3.28. The van der Waals surface area contributed by atoms with Gasteiger partial charge >= 0.3 is 5.97 Å². The predicted octanol–water partition coefficient (Wildman–Crippen LogP) is 3.72. The van der Waals surface area contributed by atoms with E-state index < -0.39 is 15.8 Å². The maximum Gasteiger partial charge on any atom is 0.325 e. The molecule has 0 heterocycles. The van der Waals surface area contributed by atoms with Gasteiger partial charge in [-0.1, -0.05) is 29.3 Å². The van der Waals surface area contributed by atoms with Gasteiger partial charge in [0.25, 0.3) is 0 Å². The highest BCUT2D eigenvalue weighted by Gasteiger charge is 2.23. The van der Waals surface area contributed by atoms with Crippen LogP contribution in [0.15, 0.2) is 46.2 Å². The van der Waals surface area contributed by atoms with Crippen LogP contribution in [0.25, 0.3) is 0 Å². The summed E-state index contributed by atoms with van der Waals surface area (Å²) in [7, 11) is -2.59. The Hall–Kier alpha value is -1.76. The van der Waals surface area contributed by atoms with Gasteiger partial charge < -0.3 is 10.1 Å². The molecule has 2 aromatic carbocycles. The highest BCUT2D eigenvalue weighted by Crippen LogP contribution is 2.32. The molecule has 0 saturated carbocycles. The van der Waals surface area contributed by atoms with E-state index in [1.807, 2.05) is 0 Å². The first kappa shape index (κ1) is 18.6. The number of benzene rings is 2. The van der Waals surface area contributed by atoms with Gasteiger partial charge in [0, 0.05) is 0 Å². The first-order chi connectivity index (χ1) is 11.3. The summed E-state index contributed by atoms with van der Waals surface area (Å²) in [5.74, 6) is -0.506. The number of methoxy groups -OCH3 is 1. The number of carbonyl (C=O) groups is 1. The zero-order valence-corrected chi connectivity index (χ0v) is 15.3. The van der Waals surface area contributed by atoms with Gasteiger partial charge in [-0.3, -0.25) is 4.79 Å². The minimum atomic E-state index is -3.84. The van der Waals surface area contributed by atoms with Crippen molar-refractivity contribution in [2.45, 2.75) is 16.7 Å². The molecule has 2 aromatic rings. The Bertz CT molecular complexity index is 882. The van der Waals surface area contributed by atoms with Gasteiger partial charge in [-0.15, -0.1) is 0 Å². The summed E-state index contributed by atoms with van der Waals surface area (Å²) in [6.45, 7) is 1.63. The van der Waals surface area contributed by atoms with Crippen molar-refractivity contribution in [3.63, 3.8) is 0 Å². The molecule has 0 aliphatic rings. The summed E-state index contributed by atoms with van der Waals surface area (Å²) >= 11 is 11.8. The third-order valence-corrected chi connectivity index (χ3v) is 5.81. The minimum Gasteiger partial charge on any atom is -0.468 e. The Labute approximate surface area is 150 Å². The van der Waals surface area contributed by atoms with Crippen molar-refractivity contribution in [3.05, 3.63) is 52.0 Å². The van der Waals surface area contributed by atoms with Crippen LogP contribution < -0.4 is 5.32 Å². The number of carbonyl (C=O) groups excluding carboxylic acids is 1. The van der Waals surface area contributed by atoms with E-state index in [2.05, 4.69) is 10.1 Å². The topological polar surface area (TPSA) is 72.5 Å². The summed E-state index contributed by atoms with van der Waals surface area (Å²) in [4.78, 5) is 11.4. The Morgan fingerprint density at radius 3 is 2.46 bits per heavy atom. The third kappa shape index (κ3) is 4.01. The van der Waals surface area contributed by atoms with Crippen molar-refractivity contribution in [2.75, 3.05) is 19.0 Å². The van der Waals surface area contributed by atoms with E-state index in [0.29, 0.717) is 5.69 Å². The molecule has 0 atom stereocenters. The number of ether oxygens (including phenoxy) is 1. The van der Waals surface area contributed by atoms with Crippen LogP contribution >= 0.6 is 23.2 Å². The lowest BCUT2D eigenvalue weighted by Gasteiger charge is -2.13. The minimum absolute atomic E-state index is 0.0172. The predicted molar refractivity (Wildman–Crippen MR) is 93.6 cm³/mol. The molecular formula is C16H15Cl2NO4S. The van der Waals surface area contributed by atoms with Crippen LogP contribution in [0, 0.1) is 6.92 Å². The largest absolute Gasteiger partial charge is 0.468 e. The van der Waals surface area contributed by atoms with E-state index in [4.69, 9.17) is 23.2 Å². The van der Waals surface area contributed by atoms with Gasteiger partial charge in [-0.05, 0) is 42.8 Å². The second kappa shape index (κ2) is 7.42. The van der Waals surface area contributed by atoms with Crippen molar-refractivity contribution in [1.82, 2.24) is 0 Å². The van der Waals surface area contributed by atoms with Crippen LogP contribution in [0.3, 0.4) is 0 Å². The van der Waals surface area contributed by atoms with E-state index in [-0.39, 0.29) is 26.4 Å². The molecule has 0 spiro atoms. The van der Waals surface area contributed by atoms with Crippen molar-refractivity contribution < 1.29 is 17.9 Å². The van der Waals surface area contributed by atoms with Crippen LogP contribution in [0.2, 0.25) is 10.0 Å². The summed E-state index contributed by atoms with van der Waals surface area (Å²) in [6.07, 6.45) is 0. The fourth-order valence-corrected chi connectivity index (χ4v) is 3.92. The van der Waals surface area contributed by atoms with Crippen LogP contribution in [0.4, 0.5) is 5.69 Å². The lowest BCUT2D eigenvalue weighted by atomic mass is 10.2. The van der Waals surface area contributed by atoms with Crippen molar-refractivity contribution in [3.8, 4) is 0 Å². The van der Waals surface area contributed by atoms with E-state index in [1.165, 1.54) is 31.4 Å². The summed E-state index contributed by atoms with van der Waals surface area (Å²) in [5.41, 5.74) is 1.06. The molecule has 5 nitrogen and oxygen atoms in total. The normalized spacial score (nSPS) is 11.2. The van der Waals surface area contributed by atoms with Gasteiger partial charge in [-0.25, -0.2) is 8.42 Å². The second-order valence-corrected chi connectivity index (χ2v) is 7.74. The van der Waals surface area contributed by atoms with Gasteiger partial charge in [-0.2, -0.15) is 0 Å². The highest BCUT2D eigenvalue weighted by molar-refractivity contribution is 7.91. The molecule has 0 aliphatic heterocycles. The highest BCUT2D eigenvalue weighted by atomic mass is 35.5. The van der Waals surface area contributed by atoms with Gasteiger partial charge in [0.05, 0.1) is 32.6 Å². The molecule has 0 amide bonds. The molecule has 0 radical (unpaired) electrons. The molecule has 0 saturated heterocycles. The van der Waals surface area contributed by atoms with Crippen molar-refractivity contribution in [1.29, 1.82) is 0 Å². The van der Waals surface area contributed by atoms with Crippen LogP contribution in [0.5, 0.6) is 0 Å². The maximum absolute atomic E-state index is 12.9. The lowest BCUT2D eigenvalue weighted by molar-refractivity contribution is -0.138. The first-order valence-corrected chi connectivity index (χ1v) is 9.11. The van der Waals surface area contributed by atoms with Crippen LogP contribution in [-0.2, 0) is 19.4 Å². The fourth-order valence-electron chi connectivity index (χ4n) is 2.01. The van der Waals surface area contributed by atoms with Crippen LogP contribution in [-0.4, -0.2) is 28.0 Å². The van der Waals surface area contributed by atoms with E-state index >= 15 is 0 Å². The zero-order valence-electron chi connectivity index (χ0n) is 13.0. The number of sulfone groups is 1. The fraction of sp³-hybridized carbons (Fsp3) is 0.188. The summed E-state index contributed by atoms with van der Waals surface area (Å²) in [6, 6.07) is 8.98. The molecule has 24 heavy (non-hydrogen) atoms. The Morgan fingerprint density at radius 2 is 1.83 bits per heavy atom. The lowest BCUT2D eigenvalue weighted by Crippen LogP contribution is -2.17. The zero-order chi connectivity index (χ0) is 17.9. The molecule has 128 valence electrons. The Balaban J connectivity index is 2.50. The number of esters is 1. The molecule has 0 aromatic heterocycles. The monoisotopic (exact) mass is 387 g/mol. The second-order valence-electron chi connectivity index (χ2n) is 5.01. The van der Waals surface area contributed by atoms with Gasteiger partial charge in [0.2, 0.25) is 9.84 Å². The smallest absolute Gasteiger partial charge is 0.325 e. The Kier molecular flexibility index (Phi) is 5.74. The average Bonchev–Trinajstić information content (AvgIpc) is 2.55. The number of hydrogen-bond donors (Lipinski definition) is 1. The van der Waals surface area contributed by atoms with Crippen molar-refractivity contribution >= 4 is 44.7 Å². The molecular weight excluding hydrogens is 373 g/mol.